The zero-order valence-electron chi connectivity index (χ0n) is 23.7. The number of rotatable bonds is 8. The summed E-state index contributed by atoms with van der Waals surface area (Å²) in [6.07, 6.45) is 7.15. The predicted molar refractivity (Wildman–Crippen MR) is 149 cm³/mol. The van der Waals surface area contributed by atoms with Gasteiger partial charge in [-0.3, -0.25) is 14.4 Å². The van der Waals surface area contributed by atoms with E-state index in [1.807, 2.05) is 73.6 Å². The Kier molecular flexibility index (Phi) is 8.02. The van der Waals surface area contributed by atoms with Crippen molar-refractivity contribution in [3.63, 3.8) is 0 Å². The van der Waals surface area contributed by atoms with Crippen LogP contribution in [0.5, 0.6) is 0 Å². The highest BCUT2D eigenvalue weighted by atomic mass is 16.3. The first-order valence-corrected chi connectivity index (χ1v) is 13.3. The van der Waals surface area contributed by atoms with Crippen LogP contribution in [-0.4, -0.2) is 22.5 Å². The lowest BCUT2D eigenvalue weighted by atomic mass is 9.40. The van der Waals surface area contributed by atoms with Crippen LogP contribution in [0.2, 0.25) is 0 Å². The number of fused-ring (bicyclic) bond motifs is 2. The number of benzene rings is 1. The second-order valence-corrected chi connectivity index (χ2v) is 12.1. The molecule has 1 N–H and O–H groups in total. The average molecular weight is 503 g/mol. The molecule has 0 radical (unpaired) electrons. The van der Waals surface area contributed by atoms with Crippen molar-refractivity contribution in [1.29, 1.82) is 0 Å². The van der Waals surface area contributed by atoms with E-state index in [2.05, 4.69) is 6.08 Å². The van der Waals surface area contributed by atoms with E-state index in [0.29, 0.717) is 12.0 Å². The van der Waals surface area contributed by atoms with Gasteiger partial charge in [-0.05, 0) is 78.6 Å². The second kappa shape index (κ2) is 10.4. The first-order chi connectivity index (χ1) is 17.2. The smallest absolute Gasteiger partial charge is 0.184 e. The molecule has 3 atom stereocenters. The highest BCUT2D eigenvalue weighted by molar-refractivity contribution is 6.35. The summed E-state index contributed by atoms with van der Waals surface area (Å²) in [5.74, 6) is -1.76. The normalized spacial score (nSPS) is 26.4. The van der Waals surface area contributed by atoms with Crippen LogP contribution in [0.1, 0.15) is 91.4 Å². The van der Waals surface area contributed by atoms with Gasteiger partial charge in [-0.2, -0.15) is 0 Å². The van der Waals surface area contributed by atoms with Gasteiger partial charge in [0, 0.05) is 11.1 Å². The number of allylic oxidation sites excluding steroid dienone is 8. The number of hydrogen-bond acceptors (Lipinski definition) is 4. The summed E-state index contributed by atoms with van der Waals surface area (Å²) in [4.78, 5) is 43.5. The van der Waals surface area contributed by atoms with Crippen LogP contribution in [0.25, 0.3) is 0 Å². The van der Waals surface area contributed by atoms with Gasteiger partial charge in [0.05, 0.1) is 5.41 Å². The van der Waals surface area contributed by atoms with Crippen molar-refractivity contribution in [2.45, 2.75) is 81.1 Å². The number of hydrogen-bond donors (Lipinski definition) is 1. The van der Waals surface area contributed by atoms with Gasteiger partial charge in [0.25, 0.3) is 0 Å². The molecular weight excluding hydrogens is 460 g/mol. The SMILES string of the molecule is CC(C)=CCC1=C(O)[C@]2(CC=C(C)C)C(=O)[C@@](C(=O)c3ccccc3)(C[C@@H](CC=C(C)C)C2(C)C)C1=O. The van der Waals surface area contributed by atoms with Crippen LogP contribution in [0.3, 0.4) is 0 Å². The Morgan fingerprint density at radius 2 is 1.49 bits per heavy atom. The van der Waals surface area contributed by atoms with E-state index in [1.54, 1.807) is 24.3 Å². The third-order valence-electron chi connectivity index (χ3n) is 8.57. The number of aliphatic hydroxyl groups excluding tert-OH is 1. The number of carbonyl (C=O) groups is 3. The molecule has 3 rings (SSSR count). The molecular formula is C33H42O4. The maximum Gasteiger partial charge on any atom is 0.184 e. The Morgan fingerprint density at radius 3 is 2.03 bits per heavy atom. The van der Waals surface area contributed by atoms with E-state index in [9.17, 15) is 19.5 Å². The molecule has 0 aliphatic heterocycles. The van der Waals surface area contributed by atoms with Gasteiger partial charge in [0.2, 0.25) is 0 Å². The number of ketones is 3. The summed E-state index contributed by atoms with van der Waals surface area (Å²) in [6.45, 7) is 15.9. The van der Waals surface area contributed by atoms with Crippen LogP contribution in [0.15, 0.2) is 76.6 Å². The predicted octanol–water partition coefficient (Wildman–Crippen LogP) is 7.92. The van der Waals surface area contributed by atoms with Gasteiger partial charge in [-0.15, -0.1) is 0 Å². The Balaban J connectivity index is 2.44. The molecule has 1 saturated carbocycles. The van der Waals surface area contributed by atoms with Crippen molar-refractivity contribution < 1.29 is 19.5 Å². The summed E-state index contributed by atoms with van der Waals surface area (Å²) in [5.41, 5.74) is -0.253. The first kappa shape index (κ1) is 28.6. The molecule has 1 aromatic carbocycles. The summed E-state index contributed by atoms with van der Waals surface area (Å²) in [7, 11) is 0. The van der Waals surface area contributed by atoms with Gasteiger partial charge < -0.3 is 5.11 Å². The maximum atomic E-state index is 14.8. The van der Waals surface area contributed by atoms with Crippen molar-refractivity contribution >= 4 is 17.3 Å². The molecule has 1 aromatic rings. The van der Waals surface area contributed by atoms with Crippen molar-refractivity contribution in [2.75, 3.05) is 0 Å². The topological polar surface area (TPSA) is 71.4 Å². The highest BCUT2D eigenvalue weighted by Gasteiger charge is 2.73. The Labute approximate surface area is 222 Å². The van der Waals surface area contributed by atoms with E-state index in [4.69, 9.17) is 0 Å². The Hall–Kier alpha value is -3.01. The van der Waals surface area contributed by atoms with Crippen LogP contribution < -0.4 is 0 Å². The second-order valence-electron chi connectivity index (χ2n) is 12.1. The number of Topliss-reactive ketones (excluding diaryl/α,β-unsaturated/α-hetero) is 3. The standard InChI is InChI=1S/C33H42O4/c1-21(2)14-16-25-20-32(27(34)24-12-10-9-11-13-24)28(35)26(17-15-22(3)4)29(36)33(30(32)37,31(25,7)8)19-18-23(5)6/h9-15,18,25,36H,16-17,19-20H2,1-8H3/t25-,32-,33-/m1/s1. The van der Waals surface area contributed by atoms with Gasteiger partial charge >= 0.3 is 0 Å². The maximum absolute atomic E-state index is 14.8. The van der Waals surface area contributed by atoms with Crippen LogP contribution in [-0.2, 0) is 9.59 Å². The van der Waals surface area contributed by atoms with Crippen LogP contribution in [0, 0.1) is 22.2 Å². The van der Waals surface area contributed by atoms with E-state index >= 15 is 0 Å². The molecule has 0 heterocycles. The lowest BCUT2D eigenvalue weighted by Crippen LogP contribution is -2.68. The molecule has 2 aliphatic rings. The Bertz CT molecular complexity index is 1210. The lowest BCUT2D eigenvalue weighted by molar-refractivity contribution is -0.165. The van der Waals surface area contributed by atoms with Crippen LogP contribution in [0.4, 0.5) is 0 Å². The fourth-order valence-electron chi connectivity index (χ4n) is 6.15. The Morgan fingerprint density at radius 1 is 0.919 bits per heavy atom. The summed E-state index contributed by atoms with van der Waals surface area (Å²) in [5, 5.41) is 11.9. The fraction of sp³-hybridized carbons (Fsp3) is 0.485. The highest BCUT2D eigenvalue weighted by Crippen LogP contribution is 2.66. The monoisotopic (exact) mass is 502 g/mol. The molecule has 0 saturated heterocycles. The van der Waals surface area contributed by atoms with E-state index in [-0.39, 0.29) is 36.5 Å². The van der Waals surface area contributed by atoms with E-state index in [0.717, 1.165) is 16.7 Å². The molecule has 2 bridgehead atoms. The quantitative estimate of drug-likeness (QED) is 0.223. The minimum atomic E-state index is -1.86. The van der Waals surface area contributed by atoms with Crippen molar-refractivity contribution in [3.8, 4) is 0 Å². The molecule has 4 nitrogen and oxygen atoms in total. The molecule has 0 spiro atoms. The first-order valence-electron chi connectivity index (χ1n) is 13.3. The van der Waals surface area contributed by atoms with Crippen molar-refractivity contribution in [1.82, 2.24) is 0 Å². The number of carbonyl (C=O) groups excluding carboxylic acids is 3. The largest absolute Gasteiger partial charge is 0.511 e. The molecule has 0 unspecified atom stereocenters. The van der Waals surface area contributed by atoms with Crippen LogP contribution >= 0.6 is 0 Å². The molecule has 198 valence electrons. The summed E-state index contributed by atoms with van der Waals surface area (Å²) >= 11 is 0. The van der Waals surface area contributed by atoms with Crippen molar-refractivity contribution in [2.24, 2.45) is 22.2 Å². The number of aliphatic hydroxyl groups is 1. The van der Waals surface area contributed by atoms with Gasteiger partial charge in [0.1, 0.15) is 5.76 Å². The van der Waals surface area contributed by atoms with Gasteiger partial charge in [0.15, 0.2) is 22.8 Å². The van der Waals surface area contributed by atoms with Gasteiger partial charge in [-0.1, -0.05) is 79.1 Å². The van der Waals surface area contributed by atoms with Crippen molar-refractivity contribution in [3.05, 3.63) is 82.2 Å². The third kappa shape index (κ3) is 4.60. The van der Waals surface area contributed by atoms with E-state index in [1.165, 1.54) is 0 Å². The lowest BCUT2D eigenvalue weighted by Gasteiger charge is -2.60. The minimum absolute atomic E-state index is 0.136. The van der Waals surface area contributed by atoms with Gasteiger partial charge in [-0.25, -0.2) is 0 Å². The molecule has 0 amide bonds. The summed E-state index contributed by atoms with van der Waals surface area (Å²) in [6, 6.07) is 8.67. The zero-order valence-corrected chi connectivity index (χ0v) is 23.7. The molecule has 4 heteroatoms. The fourth-order valence-corrected chi connectivity index (χ4v) is 6.15. The summed E-state index contributed by atoms with van der Waals surface area (Å²) < 4.78 is 0. The average Bonchev–Trinajstić information content (AvgIpc) is 2.82. The molecule has 0 aromatic heterocycles. The molecule has 37 heavy (non-hydrogen) atoms. The minimum Gasteiger partial charge on any atom is -0.511 e. The molecule has 1 fully saturated rings. The molecule has 2 aliphatic carbocycles. The zero-order chi connectivity index (χ0) is 27.8. The third-order valence-corrected chi connectivity index (χ3v) is 8.57. The van der Waals surface area contributed by atoms with E-state index < -0.39 is 33.6 Å².